The molecule has 0 aromatic heterocycles. The van der Waals surface area contributed by atoms with E-state index in [1.54, 1.807) is 0 Å². The van der Waals surface area contributed by atoms with Gasteiger partial charge in [-0.3, -0.25) is 0 Å². The summed E-state index contributed by atoms with van der Waals surface area (Å²) in [5, 5.41) is 9.39. The van der Waals surface area contributed by atoms with Crippen molar-refractivity contribution in [1.82, 2.24) is 4.90 Å². The lowest BCUT2D eigenvalue weighted by atomic mass is 9.45. The van der Waals surface area contributed by atoms with E-state index in [4.69, 9.17) is 0 Å². The van der Waals surface area contributed by atoms with Crippen molar-refractivity contribution in [2.24, 2.45) is 23.2 Å². The van der Waals surface area contributed by atoms with E-state index in [2.05, 4.69) is 32.8 Å². The third kappa shape index (κ3) is 1.24. The van der Waals surface area contributed by atoms with E-state index in [1.807, 2.05) is 0 Å². The van der Waals surface area contributed by atoms with Crippen LogP contribution in [-0.2, 0) is 0 Å². The maximum atomic E-state index is 9.39. The molecule has 2 heteroatoms. The zero-order chi connectivity index (χ0) is 10.5. The van der Waals surface area contributed by atoms with Crippen LogP contribution in [0, 0.1) is 23.2 Å². The Labute approximate surface area is 87.3 Å². The van der Waals surface area contributed by atoms with Gasteiger partial charge in [0.05, 0.1) is 0 Å². The van der Waals surface area contributed by atoms with Gasteiger partial charge in [-0.25, -0.2) is 0 Å². The Bertz CT molecular complexity index is 224. The van der Waals surface area contributed by atoms with Gasteiger partial charge in [0.15, 0.2) is 0 Å². The minimum Gasteiger partial charge on any atom is -0.396 e. The van der Waals surface area contributed by atoms with E-state index in [0.29, 0.717) is 24.0 Å². The fourth-order valence-corrected chi connectivity index (χ4v) is 3.83. The Kier molecular flexibility index (Phi) is 2.39. The Hall–Kier alpha value is -0.0800. The highest BCUT2D eigenvalue weighted by atomic mass is 16.3. The molecule has 0 heterocycles. The number of aliphatic hydroxyl groups excluding tert-OH is 1. The molecule has 2 bridgehead atoms. The van der Waals surface area contributed by atoms with Crippen LogP contribution in [0.5, 0.6) is 0 Å². The molecule has 2 nitrogen and oxygen atoms in total. The second-order valence-electron chi connectivity index (χ2n) is 5.99. The summed E-state index contributed by atoms with van der Waals surface area (Å²) < 4.78 is 0. The van der Waals surface area contributed by atoms with Crippen LogP contribution in [-0.4, -0.2) is 36.8 Å². The number of nitrogens with zero attached hydrogens (tertiary/aromatic N) is 1. The fraction of sp³-hybridized carbons (Fsp3) is 1.00. The number of fused-ring (bicyclic) bond motifs is 2. The molecule has 82 valence electrons. The molecule has 4 atom stereocenters. The molecule has 0 radical (unpaired) electrons. The minimum atomic E-state index is 0.367. The van der Waals surface area contributed by atoms with Crippen LogP contribution < -0.4 is 0 Å². The third-order valence-electron chi connectivity index (χ3n) is 4.86. The quantitative estimate of drug-likeness (QED) is 0.726. The van der Waals surface area contributed by atoms with Crippen LogP contribution in [0.1, 0.15) is 26.7 Å². The average molecular weight is 197 g/mol. The largest absolute Gasteiger partial charge is 0.396 e. The molecule has 0 aromatic carbocycles. The van der Waals surface area contributed by atoms with Crippen molar-refractivity contribution in [2.45, 2.75) is 32.7 Å². The van der Waals surface area contributed by atoms with Gasteiger partial charge in [-0.05, 0) is 50.1 Å². The number of aliphatic hydroxyl groups is 1. The topological polar surface area (TPSA) is 23.5 Å². The summed E-state index contributed by atoms with van der Waals surface area (Å²) in [7, 11) is 4.31. The van der Waals surface area contributed by atoms with Crippen molar-refractivity contribution < 1.29 is 5.11 Å². The molecule has 3 fully saturated rings. The van der Waals surface area contributed by atoms with Crippen LogP contribution >= 0.6 is 0 Å². The summed E-state index contributed by atoms with van der Waals surface area (Å²) in [6, 6.07) is 0.597. The Morgan fingerprint density at radius 3 is 2.36 bits per heavy atom. The molecule has 14 heavy (non-hydrogen) atoms. The van der Waals surface area contributed by atoms with E-state index in [9.17, 15) is 5.11 Å². The summed E-state index contributed by atoms with van der Waals surface area (Å²) in [6.07, 6.45) is 2.61. The molecule has 0 aromatic rings. The van der Waals surface area contributed by atoms with E-state index < -0.39 is 0 Å². The van der Waals surface area contributed by atoms with Crippen molar-refractivity contribution >= 4 is 0 Å². The molecule has 3 aliphatic rings. The van der Waals surface area contributed by atoms with E-state index in [0.717, 1.165) is 11.8 Å². The first-order chi connectivity index (χ1) is 6.48. The molecule has 0 aliphatic heterocycles. The van der Waals surface area contributed by atoms with Crippen LogP contribution in [0.2, 0.25) is 0 Å². The van der Waals surface area contributed by atoms with Gasteiger partial charge in [-0.2, -0.15) is 0 Å². The van der Waals surface area contributed by atoms with Crippen LogP contribution in [0.25, 0.3) is 0 Å². The molecule has 1 N–H and O–H groups in total. The number of hydrogen-bond acceptors (Lipinski definition) is 2. The van der Waals surface area contributed by atoms with Gasteiger partial charge in [-0.15, -0.1) is 0 Å². The van der Waals surface area contributed by atoms with Gasteiger partial charge >= 0.3 is 0 Å². The summed E-state index contributed by atoms with van der Waals surface area (Å²) >= 11 is 0. The van der Waals surface area contributed by atoms with Crippen LogP contribution in [0.4, 0.5) is 0 Å². The van der Waals surface area contributed by atoms with Crippen LogP contribution in [0.3, 0.4) is 0 Å². The smallest absolute Gasteiger partial charge is 0.0474 e. The van der Waals surface area contributed by atoms with Gasteiger partial charge in [0.2, 0.25) is 0 Å². The highest BCUT2D eigenvalue weighted by Crippen LogP contribution is 2.61. The molecular formula is C12H23NO. The standard InChI is InChI=1S/C12H23NO/c1-12(2)9-5-8(7-14)11(13(3)4)10(12)6-9/h8-11,14H,5-7H2,1-4H3/t8-,9+,10+,11+/m1/s1. The van der Waals surface area contributed by atoms with Crippen molar-refractivity contribution in [1.29, 1.82) is 0 Å². The van der Waals surface area contributed by atoms with E-state index in [-0.39, 0.29) is 0 Å². The van der Waals surface area contributed by atoms with Crippen molar-refractivity contribution in [3.05, 3.63) is 0 Å². The Morgan fingerprint density at radius 2 is 1.93 bits per heavy atom. The predicted octanol–water partition coefficient (Wildman–Crippen LogP) is 1.59. The lowest BCUT2D eigenvalue weighted by molar-refractivity contribution is -0.147. The summed E-state index contributed by atoms with van der Waals surface area (Å²) in [5.41, 5.74) is 0.514. The van der Waals surface area contributed by atoms with Gasteiger partial charge in [0, 0.05) is 12.6 Å². The molecule has 0 unspecified atom stereocenters. The summed E-state index contributed by atoms with van der Waals surface area (Å²) in [4.78, 5) is 2.32. The lowest BCUT2D eigenvalue weighted by Crippen LogP contribution is -2.62. The summed E-state index contributed by atoms with van der Waals surface area (Å²) in [6.45, 7) is 5.16. The normalized spacial score (nSPS) is 45.0. The average Bonchev–Trinajstić information content (AvgIpc) is 2.16. The van der Waals surface area contributed by atoms with E-state index in [1.165, 1.54) is 12.8 Å². The molecular weight excluding hydrogens is 174 g/mol. The molecule has 0 amide bonds. The maximum absolute atomic E-state index is 9.39. The zero-order valence-electron chi connectivity index (χ0n) is 9.83. The molecule has 3 aliphatic carbocycles. The van der Waals surface area contributed by atoms with Gasteiger partial charge in [0.25, 0.3) is 0 Å². The molecule has 0 saturated heterocycles. The SMILES string of the molecule is CN(C)[C@H]1[C@@H](CO)C[C@H]2C[C@@H]1C2(C)C. The maximum Gasteiger partial charge on any atom is 0.0474 e. The zero-order valence-corrected chi connectivity index (χ0v) is 9.83. The first-order valence-corrected chi connectivity index (χ1v) is 5.75. The monoisotopic (exact) mass is 197 g/mol. The number of rotatable bonds is 2. The minimum absolute atomic E-state index is 0.367. The second-order valence-corrected chi connectivity index (χ2v) is 5.99. The van der Waals surface area contributed by atoms with Crippen molar-refractivity contribution in [2.75, 3.05) is 20.7 Å². The summed E-state index contributed by atoms with van der Waals surface area (Å²) in [5.74, 6) is 2.18. The van der Waals surface area contributed by atoms with Crippen molar-refractivity contribution in [3.8, 4) is 0 Å². The predicted molar refractivity (Wildman–Crippen MR) is 58.0 cm³/mol. The molecule has 3 rings (SSSR count). The highest BCUT2D eigenvalue weighted by Gasteiger charge is 2.57. The van der Waals surface area contributed by atoms with E-state index >= 15 is 0 Å². The first-order valence-electron chi connectivity index (χ1n) is 5.75. The van der Waals surface area contributed by atoms with Crippen LogP contribution in [0.15, 0.2) is 0 Å². The lowest BCUT2D eigenvalue weighted by Gasteiger charge is -2.63. The molecule has 3 saturated carbocycles. The fourth-order valence-electron chi connectivity index (χ4n) is 3.83. The van der Waals surface area contributed by atoms with Gasteiger partial charge < -0.3 is 10.0 Å². The first kappa shape index (κ1) is 10.4. The molecule has 0 spiro atoms. The van der Waals surface area contributed by atoms with Crippen molar-refractivity contribution in [3.63, 3.8) is 0 Å². The van der Waals surface area contributed by atoms with Gasteiger partial charge in [-0.1, -0.05) is 13.8 Å². The number of hydrogen-bond donors (Lipinski definition) is 1. The highest BCUT2D eigenvalue weighted by molar-refractivity contribution is 5.08. The van der Waals surface area contributed by atoms with Gasteiger partial charge in [0.1, 0.15) is 0 Å². The second kappa shape index (κ2) is 3.21. The Balaban J connectivity index is 2.17. The third-order valence-corrected chi connectivity index (χ3v) is 4.86. The Morgan fingerprint density at radius 1 is 1.29 bits per heavy atom.